The van der Waals surface area contributed by atoms with Crippen LogP contribution in [0.1, 0.15) is 76.2 Å². The van der Waals surface area contributed by atoms with Crippen LogP contribution < -0.4 is 61.0 Å². The molecular formula is C35H55N11O11. The summed E-state index contributed by atoms with van der Waals surface area (Å²) in [6, 6.07) is -0.364. The molecule has 1 rings (SSSR count). The average Bonchev–Trinajstić information content (AvgIpc) is 3.14. The molecule has 0 heterocycles. The maximum absolute atomic E-state index is 13.9. The zero-order chi connectivity index (χ0) is 43.1. The fraction of sp³-hybridized carbons (Fsp3) is 0.543. The Kier molecular flexibility index (Phi) is 22.1. The molecule has 0 aliphatic rings. The predicted octanol–water partition coefficient (Wildman–Crippen LogP) is -4.74. The number of carbonyl (C=O) groups excluding carboxylic acids is 9. The van der Waals surface area contributed by atoms with E-state index in [0.717, 1.165) is 0 Å². The molecule has 0 saturated carbocycles. The Labute approximate surface area is 328 Å². The number of hydrogen-bond donors (Lipinski definition) is 12. The van der Waals surface area contributed by atoms with Crippen LogP contribution in [0.25, 0.3) is 0 Å². The van der Waals surface area contributed by atoms with Crippen molar-refractivity contribution in [2.45, 2.75) is 113 Å². The highest BCUT2D eigenvalue weighted by Gasteiger charge is 2.33. The van der Waals surface area contributed by atoms with Gasteiger partial charge in [0.1, 0.15) is 30.2 Å². The highest BCUT2D eigenvalue weighted by Crippen LogP contribution is 2.10. The van der Waals surface area contributed by atoms with Gasteiger partial charge in [-0.25, -0.2) is 4.79 Å². The number of carbonyl (C=O) groups is 10. The average molecular weight is 806 g/mol. The van der Waals surface area contributed by atoms with Crippen molar-refractivity contribution in [2.75, 3.05) is 6.54 Å². The van der Waals surface area contributed by atoms with Crippen LogP contribution >= 0.6 is 0 Å². The maximum atomic E-state index is 13.9. The second kappa shape index (κ2) is 25.8. The van der Waals surface area contributed by atoms with Gasteiger partial charge in [0.2, 0.25) is 53.2 Å². The van der Waals surface area contributed by atoms with Gasteiger partial charge in [0, 0.05) is 32.1 Å². The van der Waals surface area contributed by atoms with E-state index in [-0.39, 0.29) is 25.7 Å². The first kappa shape index (κ1) is 48.9. The van der Waals surface area contributed by atoms with Gasteiger partial charge in [0.25, 0.3) is 0 Å². The van der Waals surface area contributed by atoms with Crippen LogP contribution in [0.4, 0.5) is 0 Å². The molecule has 316 valence electrons. The van der Waals surface area contributed by atoms with Crippen LogP contribution in [-0.2, 0) is 54.4 Å². The largest absolute Gasteiger partial charge is 0.480 e. The van der Waals surface area contributed by atoms with Crippen molar-refractivity contribution in [3.63, 3.8) is 0 Å². The van der Waals surface area contributed by atoms with Crippen molar-refractivity contribution in [3.8, 4) is 0 Å². The summed E-state index contributed by atoms with van der Waals surface area (Å²) in [4.78, 5) is 125. The molecular weight excluding hydrogens is 750 g/mol. The molecule has 0 bridgehead atoms. The number of nitrogens with two attached hydrogens (primary N) is 6. The second-order valence-electron chi connectivity index (χ2n) is 13.2. The van der Waals surface area contributed by atoms with Crippen molar-refractivity contribution in [2.24, 2.45) is 34.4 Å². The van der Waals surface area contributed by atoms with Gasteiger partial charge >= 0.3 is 5.97 Å². The Hall–Kier alpha value is -6.16. The zero-order valence-corrected chi connectivity index (χ0v) is 31.5. The molecule has 0 aliphatic carbocycles. The smallest absolute Gasteiger partial charge is 0.326 e. The highest BCUT2D eigenvalue weighted by atomic mass is 16.4. The summed E-state index contributed by atoms with van der Waals surface area (Å²) < 4.78 is 0. The van der Waals surface area contributed by atoms with E-state index in [9.17, 15) is 53.1 Å². The van der Waals surface area contributed by atoms with Crippen LogP contribution in [0.3, 0.4) is 0 Å². The van der Waals surface area contributed by atoms with Crippen LogP contribution in [0.2, 0.25) is 0 Å². The van der Waals surface area contributed by atoms with Gasteiger partial charge in [-0.15, -0.1) is 0 Å². The van der Waals surface area contributed by atoms with E-state index >= 15 is 0 Å². The summed E-state index contributed by atoms with van der Waals surface area (Å²) in [6.45, 7) is 0.381. The quantitative estimate of drug-likeness (QED) is 0.0339. The SMILES string of the molecule is NCCCC[C@H](N)C(=O)N[C@@H](CCC(N)=O)C(=O)N[C@@H](Cc1ccccc1)C(=O)N[C@@H](CCC(N)=O)C(=O)N[C@@H](CCC(N)=O)C(=O)N[C@@H](CCC(N)=O)C(=O)O. The third kappa shape index (κ3) is 20.4. The third-order valence-electron chi connectivity index (χ3n) is 8.45. The lowest BCUT2D eigenvalue weighted by Gasteiger charge is -2.27. The fourth-order valence-corrected chi connectivity index (χ4v) is 5.28. The van der Waals surface area contributed by atoms with E-state index < -0.39 is 134 Å². The lowest BCUT2D eigenvalue weighted by Crippen LogP contribution is -2.59. The molecule has 0 radical (unpaired) electrons. The minimum Gasteiger partial charge on any atom is -0.480 e. The van der Waals surface area contributed by atoms with E-state index in [1.165, 1.54) is 0 Å². The first-order valence-electron chi connectivity index (χ1n) is 18.2. The molecule has 6 atom stereocenters. The lowest BCUT2D eigenvalue weighted by molar-refractivity contribution is -0.143. The lowest BCUT2D eigenvalue weighted by atomic mass is 10.0. The molecule has 9 amide bonds. The molecule has 1 aromatic carbocycles. The molecule has 0 fully saturated rings. The van der Waals surface area contributed by atoms with Crippen LogP contribution in [0.5, 0.6) is 0 Å². The van der Waals surface area contributed by atoms with E-state index in [2.05, 4.69) is 26.6 Å². The molecule has 1 aromatic rings. The second-order valence-corrected chi connectivity index (χ2v) is 13.2. The van der Waals surface area contributed by atoms with E-state index in [4.69, 9.17) is 34.4 Å². The summed E-state index contributed by atoms with van der Waals surface area (Å²) in [6.07, 6.45) is -1.90. The van der Waals surface area contributed by atoms with Crippen molar-refractivity contribution >= 4 is 59.1 Å². The van der Waals surface area contributed by atoms with E-state index in [1.54, 1.807) is 30.3 Å². The molecule has 0 spiro atoms. The Morgan fingerprint density at radius 2 is 0.842 bits per heavy atom. The molecule has 0 aromatic heterocycles. The summed E-state index contributed by atoms with van der Waals surface area (Å²) in [5, 5.41) is 21.5. The number of unbranched alkanes of at least 4 members (excludes halogenated alkanes) is 1. The van der Waals surface area contributed by atoms with Crippen LogP contribution in [0, 0.1) is 0 Å². The third-order valence-corrected chi connectivity index (χ3v) is 8.45. The molecule has 57 heavy (non-hydrogen) atoms. The summed E-state index contributed by atoms with van der Waals surface area (Å²) in [5.74, 6) is -9.61. The van der Waals surface area contributed by atoms with Gasteiger partial charge in [-0.1, -0.05) is 36.8 Å². The number of amides is 9. The standard InChI is InChI=1S/C35H55N11O11/c36-17-5-4-8-20(37)30(51)42-21(9-13-26(38)47)33(54)46-25(18-19-6-2-1-3-7-19)34(55)44-22(10-14-27(39)48)31(52)43-23(11-15-28(40)49)32(53)45-24(35(56)57)12-16-29(41)50/h1-3,6-7,20-25H,4-5,8-18,36-37H2,(H2,38,47)(H2,39,48)(H2,40,49)(H2,41,50)(H,42,51)(H,43,52)(H,44,55)(H,45,53)(H,46,54)(H,56,57)/t20-,21-,22-,23-,24-,25-/m0/s1. The number of benzene rings is 1. The van der Waals surface area contributed by atoms with Crippen molar-refractivity contribution in [1.82, 2.24) is 26.6 Å². The first-order valence-corrected chi connectivity index (χ1v) is 18.2. The Morgan fingerprint density at radius 1 is 0.491 bits per heavy atom. The fourth-order valence-electron chi connectivity index (χ4n) is 5.28. The van der Waals surface area contributed by atoms with Gasteiger partial charge < -0.3 is 66.1 Å². The Balaban J connectivity index is 3.44. The maximum Gasteiger partial charge on any atom is 0.326 e. The number of primary amides is 4. The van der Waals surface area contributed by atoms with Crippen molar-refractivity contribution < 1.29 is 53.1 Å². The highest BCUT2D eigenvalue weighted by molar-refractivity contribution is 5.97. The molecule has 0 unspecified atom stereocenters. The van der Waals surface area contributed by atoms with Crippen molar-refractivity contribution in [1.29, 1.82) is 0 Å². The van der Waals surface area contributed by atoms with Crippen LogP contribution in [0.15, 0.2) is 30.3 Å². The van der Waals surface area contributed by atoms with Crippen molar-refractivity contribution in [3.05, 3.63) is 35.9 Å². The predicted molar refractivity (Wildman–Crippen MR) is 202 cm³/mol. The topological polar surface area (TPSA) is 407 Å². The Bertz CT molecular complexity index is 1580. The van der Waals surface area contributed by atoms with Crippen LogP contribution in [-0.4, -0.2) is 107 Å². The monoisotopic (exact) mass is 805 g/mol. The molecule has 0 aliphatic heterocycles. The van der Waals surface area contributed by atoms with Gasteiger partial charge in [-0.05, 0) is 50.6 Å². The number of aliphatic carboxylic acids is 1. The molecule has 0 saturated heterocycles. The molecule has 22 heteroatoms. The minimum absolute atomic E-state index is 0.164. The summed E-state index contributed by atoms with van der Waals surface area (Å²) in [7, 11) is 0. The molecule has 18 N–H and O–H groups in total. The summed E-state index contributed by atoms with van der Waals surface area (Å²) >= 11 is 0. The summed E-state index contributed by atoms with van der Waals surface area (Å²) in [5.41, 5.74) is 33.0. The van der Waals surface area contributed by atoms with Gasteiger partial charge in [-0.3, -0.25) is 43.2 Å². The number of carboxylic acids is 1. The van der Waals surface area contributed by atoms with E-state index in [1.807, 2.05) is 0 Å². The van der Waals surface area contributed by atoms with Gasteiger partial charge in [0.15, 0.2) is 0 Å². The van der Waals surface area contributed by atoms with Gasteiger partial charge in [0.05, 0.1) is 6.04 Å². The molecule has 22 nitrogen and oxygen atoms in total. The zero-order valence-electron chi connectivity index (χ0n) is 31.5. The van der Waals surface area contributed by atoms with Gasteiger partial charge in [-0.2, -0.15) is 0 Å². The first-order chi connectivity index (χ1) is 26.8. The number of hydrogen-bond acceptors (Lipinski definition) is 12. The minimum atomic E-state index is -1.62. The number of carboxylic acid groups (broad SMARTS) is 1. The number of nitrogens with one attached hydrogen (secondary N) is 5. The van der Waals surface area contributed by atoms with E-state index in [0.29, 0.717) is 24.9 Å². The number of rotatable bonds is 29. The normalized spacial score (nSPS) is 13.9. The Morgan fingerprint density at radius 3 is 1.23 bits per heavy atom.